The average Bonchev–Trinajstić information content (AvgIpc) is 2.60. The molecule has 0 bridgehead atoms. The third-order valence-corrected chi connectivity index (χ3v) is 3.87. The molecule has 2 aromatic rings. The summed E-state index contributed by atoms with van der Waals surface area (Å²) in [4.78, 5) is 13.5. The number of carbonyl (C=O) groups excluding carboxylic acids is 1. The van der Waals surface area contributed by atoms with Gasteiger partial charge in [-0.3, -0.25) is 4.79 Å². The van der Waals surface area contributed by atoms with Crippen LogP contribution < -0.4 is 19.7 Å². The quantitative estimate of drug-likeness (QED) is 0.821. The Kier molecular flexibility index (Phi) is 6.38. The second-order valence-electron chi connectivity index (χ2n) is 5.88. The summed E-state index contributed by atoms with van der Waals surface area (Å²) in [6.45, 7) is 0.312. The van der Waals surface area contributed by atoms with E-state index >= 15 is 0 Å². The molecule has 140 valence electrons. The number of anilines is 1. The molecule has 5 nitrogen and oxygen atoms in total. The standard InChI is InChI=1S/C19H22F2N2O3/c1-23(2)18-14(20)10-13(11-15(18)21)19(24)22-8-7-12-5-6-16(25-3)17(9-12)26-4/h5-6,9-11H,7-8H2,1-4H3,(H,22,24). The number of hydrogen-bond acceptors (Lipinski definition) is 4. The zero-order chi connectivity index (χ0) is 19.3. The lowest BCUT2D eigenvalue weighted by molar-refractivity contribution is 0.0953. The Morgan fingerprint density at radius 2 is 1.65 bits per heavy atom. The topological polar surface area (TPSA) is 50.8 Å². The van der Waals surface area contributed by atoms with Crippen molar-refractivity contribution in [2.24, 2.45) is 0 Å². The van der Waals surface area contributed by atoms with Crippen LogP contribution >= 0.6 is 0 Å². The first-order chi connectivity index (χ1) is 12.4. The van der Waals surface area contributed by atoms with Crippen LogP contribution in [0.3, 0.4) is 0 Å². The second-order valence-corrected chi connectivity index (χ2v) is 5.88. The zero-order valence-corrected chi connectivity index (χ0v) is 15.2. The van der Waals surface area contributed by atoms with Gasteiger partial charge >= 0.3 is 0 Å². The van der Waals surface area contributed by atoms with E-state index < -0.39 is 17.5 Å². The molecule has 0 heterocycles. The van der Waals surface area contributed by atoms with Crippen LogP contribution in [0.4, 0.5) is 14.5 Å². The number of benzene rings is 2. The fraction of sp³-hybridized carbons (Fsp3) is 0.316. The summed E-state index contributed by atoms with van der Waals surface area (Å²) >= 11 is 0. The third-order valence-electron chi connectivity index (χ3n) is 3.87. The molecule has 0 saturated carbocycles. The molecular weight excluding hydrogens is 342 g/mol. The molecule has 0 aromatic heterocycles. The molecule has 1 amide bonds. The molecule has 0 atom stereocenters. The minimum Gasteiger partial charge on any atom is -0.493 e. The highest BCUT2D eigenvalue weighted by molar-refractivity contribution is 5.94. The molecule has 0 saturated heterocycles. The van der Waals surface area contributed by atoms with Gasteiger partial charge in [0, 0.05) is 26.2 Å². The molecular formula is C19H22F2N2O3. The number of amides is 1. The van der Waals surface area contributed by atoms with Gasteiger partial charge in [0.15, 0.2) is 11.5 Å². The van der Waals surface area contributed by atoms with Gasteiger partial charge in [0.1, 0.15) is 17.3 Å². The number of rotatable bonds is 7. The van der Waals surface area contributed by atoms with Crippen LogP contribution in [-0.4, -0.2) is 40.8 Å². The lowest BCUT2D eigenvalue weighted by Crippen LogP contribution is -2.26. The van der Waals surface area contributed by atoms with Gasteiger partial charge in [0.2, 0.25) is 0 Å². The number of halogens is 2. The van der Waals surface area contributed by atoms with Crippen molar-refractivity contribution in [3.05, 3.63) is 53.1 Å². The minimum absolute atomic E-state index is 0.0575. The Morgan fingerprint density at radius 3 is 2.19 bits per heavy atom. The van der Waals surface area contributed by atoms with E-state index in [-0.39, 0.29) is 11.3 Å². The number of carbonyl (C=O) groups is 1. The predicted molar refractivity (Wildman–Crippen MR) is 96.3 cm³/mol. The van der Waals surface area contributed by atoms with Crippen molar-refractivity contribution in [1.29, 1.82) is 0 Å². The SMILES string of the molecule is COc1ccc(CCNC(=O)c2cc(F)c(N(C)C)c(F)c2)cc1OC. The van der Waals surface area contributed by atoms with Crippen LogP contribution in [-0.2, 0) is 6.42 Å². The van der Waals surface area contributed by atoms with Gasteiger partial charge < -0.3 is 19.7 Å². The molecule has 0 aliphatic rings. The summed E-state index contributed by atoms with van der Waals surface area (Å²) in [5, 5.41) is 2.66. The van der Waals surface area contributed by atoms with Gasteiger partial charge in [0.25, 0.3) is 5.91 Å². The fourth-order valence-electron chi connectivity index (χ4n) is 2.58. The Labute approximate surface area is 151 Å². The average molecular weight is 364 g/mol. The van der Waals surface area contributed by atoms with Crippen molar-refractivity contribution in [2.45, 2.75) is 6.42 Å². The van der Waals surface area contributed by atoms with Crippen molar-refractivity contribution < 1.29 is 23.0 Å². The number of ether oxygens (including phenoxy) is 2. The highest BCUT2D eigenvalue weighted by atomic mass is 19.1. The van der Waals surface area contributed by atoms with E-state index in [1.54, 1.807) is 20.3 Å². The molecule has 0 spiro atoms. The van der Waals surface area contributed by atoms with Crippen molar-refractivity contribution in [2.75, 3.05) is 39.8 Å². The summed E-state index contributed by atoms with van der Waals surface area (Å²) in [5.41, 5.74) is 0.702. The molecule has 1 N–H and O–H groups in total. The summed E-state index contributed by atoms with van der Waals surface area (Å²) in [7, 11) is 6.16. The number of nitrogens with zero attached hydrogens (tertiary/aromatic N) is 1. The Bertz CT molecular complexity index is 771. The van der Waals surface area contributed by atoms with Crippen LogP contribution in [0.2, 0.25) is 0 Å². The van der Waals surface area contributed by atoms with Crippen LogP contribution in [0.1, 0.15) is 15.9 Å². The van der Waals surface area contributed by atoms with Gasteiger partial charge in [-0.25, -0.2) is 8.78 Å². The largest absolute Gasteiger partial charge is 0.493 e. The summed E-state index contributed by atoms with van der Waals surface area (Å²) in [6.07, 6.45) is 0.535. The van der Waals surface area contributed by atoms with Crippen molar-refractivity contribution >= 4 is 11.6 Å². The molecule has 0 aliphatic carbocycles. The smallest absolute Gasteiger partial charge is 0.251 e. The van der Waals surface area contributed by atoms with Crippen LogP contribution in [0.15, 0.2) is 30.3 Å². The molecule has 0 unspecified atom stereocenters. The number of nitrogens with one attached hydrogen (secondary N) is 1. The molecule has 0 aliphatic heterocycles. The van der Waals surface area contributed by atoms with E-state index in [2.05, 4.69) is 5.32 Å². The van der Waals surface area contributed by atoms with Crippen molar-refractivity contribution in [3.63, 3.8) is 0 Å². The van der Waals surface area contributed by atoms with Gasteiger partial charge in [0.05, 0.1) is 14.2 Å². The normalized spacial score (nSPS) is 10.4. The molecule has 0 radical (unpaired) electrons. The maximum atomic E-state index is 14.0. The monoisotopic (exact) mass is 364 g/mol. The maximum Gasteiger partial charge on any atom is 0.251 e. The van der Waals surface area contributed by atoms with Crippen LogP contribution in [0.25, 0.3) is 0 Å². The van der Waals surface area contributed by atoms with E-state index in [4.69, 9.17) is 9.47 Å². The summed E-state index contributed by atoms with van der Waals surface area (Å²) < 4.78 is 38.4. The zero-order valence-electron chi connectivity index (χ0n) is 15.2. The Morgan fingerprint density at radius 1 is 1.04 bits per heavy atom. The van der Waals surface area contributed by atoms with E-state index in [0.717, 1.165) is 17.7 Å². The van der Waals surface area contributed by atoms with E-state index in [1.165, 1.54) is 19.0 Å². The van der Waals surface area contributed by atoms with Crippen LogP contribution in [0.5, 0.6) is 11.5 Å². The Hall–Kier alpha value is -2.83. The van der Waals surface area contributed by atoms with E-state index in [1.807, 2.05) is 12.1 Å². The van der Waals surface area contributed by atoms with E-state index in [9.17, 15) is 13.6 Å². The lowest BCUT2D eigenvalue weighted by atomic mass is 10.1. The first-order valence-corrected chi connectivity index (χ1v) is 8.02. The first-order valence-electron chi connectivity index (χ1n) is 8.02. The summed E-state index contributed by atoms with van der Waals surface area (Å²) in [6, 6.07) is 7.52. The molecule has 26 heavy (non-hydrogen) atoms. The summed E-state index contributed by atoms with van der Waals surface area (Å²) in [5.74, 6) is -0.874. The van der Waals surface area contributed by atoms with E-state index in [0.29, 0.717) is 24.5 Å². The van der Waals surface area contributed by atoms with Gasteiger partial charge in [-0.2, -0.15) is 0 Å². The first kappa shape index (κ1) is 19.5. The minimum atomic E-state index is -0.778. The van der Waals surface area contributed by atoms with Gasteiger partial charge in [-0.15, -0.1) is 0 Å². The van der Waals surface area contributed by atoms with Gasteiger partial charge in [-0.1, -0.05) is 6.07 Å². The maximum absolute atomic E-state index is 14.0. The molecule has 7 heteroatoms. The number of hydrogen-bond donors (Lipinski definition) is 1. The lowest BCUT2D eigenvalue weighted by Gasteiger charge is -2.15. The molecule has 2 rings (SSSR count). The second kappa shape index (κ2) is 8.51. The van der Waals surface area contributed by atoms with Crippen molar-refractivity contribution in [1.82, 2.24) is 5.32 Å². The highest BCUT2D eigenvalue weighted by Gasteiger charge is 2.16. The highest BCUT2D eigenvalue weighted by Crippen LogP contribution is 2.27. The third kappa shape index (κ3) is 4.41. The predicted octanol–water partition coefficient (Wildman–Crippen LogP) is 3.02. The molecule has 2 aromatic carbocycles. The van der Waals surface area contributed by atoms with Gasteiger partial charge in [-0.05, 0) is 36.2 Å². The Balaban J connectivity index is 2.01. The number of methoxy groups -OCH3 is 2. The fourth-order valence-corrected chi connectivity index (χ4v) is 2.58. The molecule has 0 fully saturated rings. The van der Waals surface area contributed by atoms with Crippen molar-refractivity contribution in [3.8, 4) is 11.5 Å². The van der Waals surface area contributed by atoms with Crippen LogP contribution in [0, 0.1) is 11.6 Å².